The Bertz CT molecular complexity index is 853. The van der Waals surface area contributed by atoms with Crippen LogP contribution < -0.4 is 10.9 Å². The van der Waals surface area contributed by atoms with Gasteiger partial charge in [0.2, 0.25) is 5.91 Å². The van der Waals surface area contributed by atoms with Gasteiger partial charge in [-0.05, 0) is 31.5 Å². The summed E-state index contributed by atoms with van der Waals surface area (Å²) in [4.78, 5) is 29.6. The molecule has 0 spiro atoms. The maximum Gasteiger partial charge on any atom is 0.262 e. The Morgan fingerprint density at radius 1 is 1.54 bits per heavy atom. The van der Waals surface area contributed by atoms with Crippen molar-refractivity contribution in [2.45, 2.75) is 30.3 Å². The van der Waals surface area contributed by atoms with Crippen molar-refractivity contribution in [1.82, 2.24) is 14.9 Å². The zero-order valence-electron chi connectivity index (χ0n) is 14.8. The molecule has 0 aliphatic heterocycles. The van der Waals surface area contributed by atoms with Crippen LogP contribution in [-0.4, -0.2) is 41.0 Å². The largest absolute Gasteiger partial charge is 0.385 e. The molecule has 1 N–H and O–H groups in total. The number of rotatable bonds is 9. The number of hydrogen-bond donors (Lipinski definition) is 1. The first kappa shape index (κ1) is 20.5. The molecule has 0 saturated heterocycles. The Balaban J connectivity index is 2.40. The molecule has 2 rings (SSSR count). The maximum absolute atomic E-state index is 12.9. The van der Waals surface area contributed by atoms with E-state index in [9.17, 15) is 9.59 Å². The fraction of sp³-hybridized carbons (Fsp3) is 0.389. The molecule has 6 nitrogen and oxygen atoms in total. The van der Waals surface area contributed by atoms with E-state index in [1.165, 1.54) is 11.8 Å². The summed E-state index contributed by atoms with van der Waals surface area (Å²) in [5, 5.41) is 3.84. The van der Waals surface area contributed by atoms with Gasteiger partial charge in [-0.15, -0.1) is 6.58 Å². The first-order valence-corrected chi connectivity index (χ1v) is 9.48. The van der Waals surface area contributed by atoms with Crippen LogP contribution in [0.4, 0.5) is 0 Å². The third kappa shape index (κ3) is 5.09. The van der Waals surface area contributed by atoms with Gasteiger partial charge in [0.15, 0.2) is 5.16 Å². The van der Waals surface area contributed by atoms with Crippen LogP contribution in [0.1, 0.15) is 13.3 Å². The summed E-state index contributed by atoms with van der Waals surface area (Å²) in [7, 11) is 1.62. The van der Waals surface area contributed by atoms with Crippen molar-refractivity contribution in [3.8, 4) is 0 Å². The lowest BCUT2D eigenvalue weighted by Crippen LogP contribution is -2.32. The van der Waals surface area contributed by atoms with Crippen LogP contribution in [0.15, 0.2) is 40.8 Å². The molecular formula is C18H22ClN3O3S. The van der Waals surface area contributed by atoms with Crippen LogP contribution in [0.5, 0.6) is 0 Å². The molecule has 0 aliphatic carbocycles. The minimum absolute atomic E-state index is 0.140. The number of ether oxygens (including phenoxy) is 1. The molecular weight excluding hydrogens is 374 g/mol. The van der Waals surface area contributed by atoms with Crippen LogP contribution in [0, 0.1) is 0 Å². The number of carbonyl (C=O) groups is 1. The smallest absolute Gasteiger partial charge is 0.262 e. The summed E-state index contributed by atoms with van der Waals surface area (Å²) in [5.41, 5.74) is 0.371. The van der Waals surface area contributed by atoms with Gasteiger partial charge >= 0.3 is 0 Å². The van der Waals surface area contributed by atoms with Gasteiger partial charge in [-0.2, -0.15) is 0 Å². The highest BCUT2D eigenvalue weighted by Crippen LogP contribution is 2.24. The highest BCUT2D eigenvalue weighted by molar-refractivity contribution is 8.00. The number of aromatic nitrogens is 2. The van der Waals surface area contributed by atoms with Gasteiger partial charge in [-0.3, -0.25) is 14.2 Å². The Kier molecular flexibility index (Phi) is 7.68. The monoisotopic (exact) mass is 395 g/mol. The van der Waals surface area contributed by atoms with Crippen LogP contribution in [0.2, 0.25) is 5.02 Å². The highest BCUT2D eigenvalue weighted by atomic mass is 35.5. The molecule has 0 aliphatic rings. The van der Waals surface area contributed by atoms with Crippen molar-refractivity contribution >= 4 is 40.2 Å². The van der Waals surface area contributed by atoms with E-state index in [1.807, 2.05) is 0 Å². The van der Waals surface area contributed by atoms with E-state index in [0.29, 0.717) is 47.2 Å². The summed E-state index contributed by atoms with van der Waals surface area (Å²) in [5.74, 6) is -0.140. The van der Waals surface area contributed by atoms with Crippen LogP contribution >= 0.6 is 23.4 Å². The third-order valence-corrected chi connectivity index (χ3v) is 5.01. The molecule has 2 aromatic rings. The van der Waals surface area contributed by atoms with Crippen molar-refractivity contribution in [1.29, 1.82) is 0 Å². The van der Waals surface area contributed by atoms with Crippen LogP contribution in [0.3, 0.4) is 0 Å². The molecule has 1 aromatic carbocycles. The summed E-state index contributed by atoms with van der Waals surface area (Å²) in [6.45, 7) is 6.74. The molecule has 1 heterocycles. The van der Waals surface area contributed by atoms with Gasteiger partial charge < -0.3 is 10.1 Å². The van der Waals surface area contributed by atoms with Gasteiger partial charge in [0, 0.05) is 31.8 Å². The number of carbonyl (C=O) groups excluding carboxylic acids is 1. The maximum atomic E-state index is 12.9. The number of halogens is 1. The quantitative estimate of drug-likeness (QED) is 0.306. The standard InChI is InChI=1S/C18H22ClN3O3S/c1-4-8-20-16(23)12(2)26-18-21-15-11-13(19)6-7-14(15)17(24)22(18)9-5-10-25-3/h4,6-7,11-12H,1,5,8-10H2,2-3H3,(H,20,23). The lowest BCUT2D eigenvalue weighted by Gasteiger charge is -2.16. The number of methoxy groups -OCH3 is 1. The predicted molar refractivity (Wildman–Crippen MR) is 106 cm³/mol. The van der Waals surface area contributed by atoms with E-state index < -0.39 is 5.25 Å². The van der Waals surface area contributed by atoms with Crippen molar-refractivity contribution in [3.63, 3.8) is 0 Å². The molecule has 0 bridgehead atoms. The Labute approximate surface area is 161 Å². The van der Waals surface area contributed by atoms with Crippen molar-refractivity contribution in [2.24, 2.45) is 0 Å². The molecule has 0 radical (unpaired) electrons. The Hall–Kier alpha value is -1.83. The summed E-state index contributed by atoms with van der Waals surface area (Å²) >= 11 is 7.28. The zero-order chi connectivity index (χ0) is 19.1. The first-order valence-electron chi connectivity index (χ1n) is 8.22. The van der Waals surface area contributed by atoms with Gasteiger partial charge in [-0.25, -0.2) is 4.98 Å². The Morgan fingerprint density at radius 3 is 3.00 bits per heavy atom. The van der Waals surface area contributed by atoms with E-state index in [1.54, 1.807) is 42.9 Å². The number of amides is 1. The Morgan fingerprint density at radius 2 is 2.31 bits per heavy atom. The fourth-order valence-corrected chi connectivity index (χ4v) is 3.48. The number of hydrogen-bond acceptors (Lipinski definition) is 5. The van der Waals surface area contributed by atoms with E-state index in [4.69, 9.17) is 16.3 Å². The van der Waals surface area contributed by atoms with Crippen molar-refractivity contribution in [3.05, 3.63) is 46.2 Å². The van der Waals surface area contributed by atoms with Crippen LogP contribution in [0.25, 0.3) is 10.9 Å². The predicted octanol–water partition coefficient (Wildman–Crippen LogP) is 2.87. The molecule has 1 amide bonds. The van der Waals surface area contributed by atoms with E-state index in [2.05, 4.69) is 16.9 Å². The zero-order valence-corrected chi connectivity index (χ0v) is 16.4. The minimum Gasteiger partial charge on any atom is -0.385 e. The molecule has 1 atom stereocenters. The summed E-state index contributed by atoms with van der Waals surface area (Å²) in [6, 6.07) is 5.00. The normalized spacial score (nSPS) is 12.1. The number of benzene rings is 1. The summed E-state index contributed by atoms with van der Waals surface area (Å²) in [6.07, 6.45) is 2.29. The average molecular weight is 396 g/mol. The van der Waals surface area contributed by atoms with Gasteiger partial charge in [-0.1, -0.05) is 29.4 Å². The van der Waals surface area contributed by atoms with Gasteiger partial charge in [0.05, 0.1) is 16.2 Å². The average Bonchev–Trinajstić information content (AvgIpc) is 2.61. The van der Waals surface area contributed by atoms with Gasteiger partial charge in [0.1, 0.15) is 0 Å². The molecule has 0 saturated carbocycles. The second-order valence-electron chi connectivity index (χ2n) is 5.65. The minimum atomic E-state index is -0.410. The van der Waals surface area contributed by atoms with E-state index >= 15 is 0 Å². The molecule has 26 heavy (non-hydrogen) atoms. The number of thioether (sulfide) groups is 1. The topological polar surface area (TPSA) is 73.2 Å². The number of fused-ring (bicyclic) bond motifs is 1. The third-order valence-electron chi connectivity index (χ3n) is 3.68. The van der Waals surface area contributed by atoms with Crippen LogP contribution in [-0.2, 0) is 16.1 Å². The SMILES string of the molecule is C=CCNC(=O)C(C)Sc1nc2cc(Cl)ccc2c(=O)n1CCCOC. The number of nitrogens with one attached hydrogen (secondary N) is 1. The molecule has 1 aromatic heterocycles. The van der Waals surface area contributed by atoms with Gasteiger partial charge in [0.25, 0.3) is 5.56 Å². The lowest BCUT2D eigenvalue weighted by atomic mass is 10.2. The second kappa shape index (κ2) is 9.75. The first-order chi connectivity index (χ1) is 12.5. The van der Waals surface area contributed by atoms with Crippen molar-refractivity contribution < 1.29 is 9.53 Å². The molecule has 8 heteroatoms. The fourth-order valence-electron chi connectivity index (χ4n) is 2.36. The van der Waals surface area contributed by atoms with Crippen molar-refractivity contribution in [2.75, 3.05) is 20.3 Å². The number of nitrogens with zero attached hydrogens (tertiary/aromatic N) is 2. The van der Waals surface area contributed by atoms with E-state index in [0.717, 1.165) is 0 Å². The molecule has 0 fully saturated rings. The molecule has 140 valence electrons. The second-order valence-corrected chi connectivity index (χ2v) is 7.40. The molecule has 1 unspecified atom stereocenters. The summed E-state index contributed by atoms with van der Waals surface area (Å²) < 4.78 is 6.67. The van der Waals surface area contributed by atoms with E-state index in [-0.39, 0.29) is 11.5 Å². The highest BCUT2D eigenvalue weighted by Gasteiger charge is 2.19. The lowest BCUT2D eigenvalue weighted by molar-refractivity contribution is -0.120.